The Kier molecular flexibility index (Phi) is 5.61. The lowest BCUT2D eigenvalue weighted by atomic mass is 10.2. The Morgan fingerprint density at radius 1 is 1.32 bits per heavy atom. The Bertz CT molecular complexity index is 611. The molecule has 2 rings (SSSR count). The number of hydrogen-bond acceptors (Lipinski definition) is 5. The zero-order chi connectivity index (χ0) is 15.9. The van der Waals surface area contributed by atoms with E-state index in [1.165, 1.54) is 25.7 Å². The standard InChI is InChI=1S/C15H19ClN6/c16-12-9-11(20-21-13(10-17)15(18)19)5-6-14(12)22-7-3-1-2-4-8-22/h5-6,9,20H,1-4,7-8H2,(H3,18,19)/b21-13+. The SMILES string of the molecule is N#C/C(=N\Nc1ccc(N2CCCCCC2)c(Cl)c1)C(=N)N. The number of hydrogen-bond donors (Lipinski definition) is 3. The third-order valence-electron chi connectivity index (χ3n) is 3.55. The predicted octanol–water partition coefficient (Wildman–Crippen LogP) is 2.95. The summed E-state index contributed by atoms with van der Waals surface area (Å²) in [5.74, 6) is -0.373. The average Bonchev–Trinajstić information content (AvgIpc) is 2.76. The maximum atomic E-state index is 8.80. The van der Waals surface area contributed by atoms with Gasteiger partial charge in [0.05, 0.1) is 16.4 Å². The summed E-state index contributed by atoms with van der Waals surface area (Å²) in [5, 5.41) is 20.4. The fourth-order valence-corrected chi connectivity index (χ4v) is 2.71. The first kappa shape index (κ1) is 16.1. The summed E-state index contributed by atoms with van der Waals surface area (Å²) in [4.78, 5) is 2.30. The van der Waals surface area contributed by atoms with Crippen molar-refractivity contribution in [2.45, 2.75) is 25.7 Å². The summed E-state index contributed by atoms with van der Waals surface area (Å²) < 4.78 is 0. The molecule has 0 saturated carbocycles. The van der Waals surface area contributed by atoms with Gasteiger partial charge in [0, 0.05) is 13.1 Å². The van der Waals surface area contributed by atoms with Gasteiger partial charge in [0.1, 0.15) is 6.07 Å². The highest BCUT2D eigenvalue weighted by molar-refractivity contribution is 6.45. The van der Waals surface area contributed by atoms with Crippen LogP contribution in [0.15, 0.2) is 23.3 Å². The molecule has 1 aromatic carbocycles. The number of benzene rings is 1. The summed E-state index contributed by atoms with van der Waals surface area (Å²) in [5.41, 5.74) is 9.45. The number of nitrogens with zero attached hydrogens (tertiary/aromatic N) is 3. The highest BCUT2D eigenvalue weighted by atomic mass is 35.5. The first-order valence-corrected chi connectivity index (χ1v) is 7.62. The van der Waals surface area contributed by atoms with E-state index in [4.69, 9.17) is 28.0 Å². The molecule has 7 heteroatoms. The van der Waals surface area contributed by atoms with Crippen molar-refractivity contribution in [1.82, 2.24) is 0 Å². The van der Waals surface area contributed by atoms with Crippen molar-refractivity contribution < 1.29 is 0 Å². The average molecular weight is 319 g/mol. The maximum absolute atomic E-state index is 8.80. The molecule has 0 aliphatic carbocycles. The van der Waals surface area contributed by atoms with Crippen LogP contribution in [-0.2, 0) is 0 Å². The van der Waals surface area contributed by atoms with E-state index in [1.54, 1.807) is 12.1 Å². The van der Waals surface area contributed by atoms with Crippen LogP contribution in [0.25, 0.3) is 0 Å². The van der Waals surface area contributed by atoms with E-state index >= 15 is 0 Å². The highest BCUT2D eigenvalue weighted by Crippen LogP contribution is 2.30. The molecule has 22 heavy (non-hydrogen) atoms. The minimum atomic E-state index is -0.373. The van der Waals surface area contributed by atoms with Gasteiger partial charge < -0.3 is 10.6 Å². The van der Waals surface area contributed by atoms with Crippen molar-refractivity contribution in [3.8, 4) is 6.07 Å². The van der Waals surface area contributed by atoms with Crippen molar-refractivity contribution in [3.05, 3.63) is 23.2 Å². The first-order chi connectivity index (χ1) is 10.6. The van der Waals surface area contributed by atoms with Gasteiger partial charge in [0.2, 0.25) is 5.71 Å². The summed E-state index contributed by atoms with van der Waals surface area (Å²) in [6, 6.07) is 7.32. The number of nitrogens with one attached hydrogen (secondary N) is 2. The molecule has 1 aliphatic rings. The van der Waals surface area contributed by atoms with Crippen molar-refractivity contribution >= 4 is 34.5 Å². The van der Waals surface area contributed by atoms with Gasteiger partial charge in [-0.25, -0.2) is 0 Å². The van der Waals surface area contributed by atoms with E-state index < -0.39 is 0 Å². The predicted molar refractivity (Wildman–Crippen MR) is 90.7 cm³/mol. The molecule has 6 nitrogen and oxygen atoms in total. The normalized spacial score (nSPS) is 15.8. The van der Waals surface area contributed by atoms with Crippen LogP contribution in [0.3, 0.4) is 0 Å². The van der Waals surface area contributed by atoms with Crippen molar-refractivity contribution in [3.63, 3.8) is 0 Å². The number of nitrogens with two attached hydrogens (primary N) is 1. The van der Waals surface area contributed by atoms with Gasteiger partial charge in [-0.2, -0.15) is 10.4 Å². The van der Waals surface area contributed by atoms with Crippen LogP contribution in [0.2, 0.25) is 5.02 Å². The van der Waals surface area contributed by atoms with Crippen molar-refractivity contribution in [2.75, 3.05) is 23.4 Å². The van der Waals surface area contributed by atoms with Crippen LogP contribution in [0, 0.1) is 16.7 Å². The molecule has 0 radical (unpaired) electrons. The molecule has 1 heterocycles. The number of anilines is 2. The van der Waals surface area contributed by atoms with Gasteiger partial charge in [-0.15, -0.1) is 0 Å². The van der Waals surface area contributed by atoms with Crippen molar-refractivity contribution in [2.24, 2.45) is 10.8 Å². The number of halogens is 1. The Morgan fingerprint density at radius 3 is 2.55 bits per heavy atom. The molecule has 1 aliphatic heterocycles. The van der Waals surface area contributed by atoms with Crippen LogP contribution in [0.4, 0.5) is 11.4 Å². The number of amidine groups is 1. The fraction of sp³-hybridized carbons (Fsp3) is 0.400. The highest BCUT2D eigenvalue weighted by Gasteiger charge is 2.13. The molecule has 0 bridgehead atoms. The monoisotopic (exact) mass is 318 g/mol. The quantitative estimate of drug-likeness (QED) is 0.451. The van der Waals surface area contributed by atoms with Gasteiger partial charge in [-0.1, -0.05) is 24.4 Å². The van der Waals surface area contributed by atoms with E-state index in [1.807, 2.05) is 12.1 Å². The van der Waals surface area contributed by atoms with Crippen LogP contribution < -0.4 is 16.1 Å². The smallest absolute Gasteiger partial charge is 0.201 e. The molecule has 0 aromatic heterocycles. The van der Waals surface area contributed by atoms with E-state index in [-0.39, 0.29) is 11.5 Å². The van der Waals surface area contributed by atoms with Gasteiger partial charge in [0.15, 0.2) is 5.84 Å². The lowest BCUT2D eigenvalue weighted by Crippen LogP contribution is -2.24. The lowest BCUT2D eigenvalue weighted by Gasteiger charge is -2.24. The van der Waals surface area contributed by atoms with Gasteiger partial charge in [-0.05, 0) is 31.0 Å². The molecule has 116 valence electrons. The molecule has 4 N–H and O–H groups in total. The third kappa shape index (κ3) is 4.12. The van der Waals surface area contributed by atoms with Crippen LogP contribution in [0.1, 0.15) is 25.7 Å². The van der Waals surface area contributed by atoms with Crippen LogP contribution in [-0.4, -0.2) is 24.6 Å². The molecule has 1 aromatic rings. The summed E-state index contributed by atoms with van der Waals surface area (Å²) in [6.07, 6.45) is 4.91. The molecular formula is C15H19ClN6. The molecule has 0 amide bonds. The second-order valence-electron chi connectivity index (χ2n) is 5.17. The van der Waals surface area contributed by atoms with E-state index in [2.05, 4.69) is 15.4 Å². The Balaban J connectivity index is 2.12. The summed E-state index contributed by atoms with van der Waals surface area (Å²) >= 11 is 6.37. The number of hydrazone groups is 1. The Labute approximate surface area is 135 Å². The number of rotatable bonds is 4. The first-order valence-electron chi connectivity index (χ1n) is 7.24. The van der Waals surface area contributed by atoms with Gasteiger partial charge in [-0.3, -0.25) is 10.8 Å². The van der Waals surface area contributed by atoms with Crippen LogP contribution in [0.5, 0.6) is 0 Å². The third-order valence-corrected chi connectivity index (χ3v) is 3.85. The zero-order valence-corrected chi connectivity index (χ0v) is 13.0. The van der Waals surface area contributed by atoms with E-state index in [0.717, 1.165) is 18.8 Å². The van der Waals surface area contributed by atoms with Crippen molar-refractivity contribution in [1.29, 1.82) is 10.7 Å². The Morgan fingerprint density at radius 2 is 2.00 bits per heavy atom. The molecular weight excluding hydrogens is 300 g/mol. The largest absolute Gasteiger partial charge is 0.382 e. The fourth-order valence-electron chi connectivity index (χ4n) is 2.41. The van der Waals surface area contributed by atoms with Gasteiger partial charge in [0.25, 0.3) is 0 Å². The Hall–Kier alpha value is -2.26. The summed E-state index contributed by atoms with van der Waals surface area (Å²) in [6.45, 7) is 2.04. The molecule has 1 saturated heterocycles. The van der Waals surface area contributed by atoms with Crippen LogP contribution >= 0.6 is 11.6 Å². The second-order valence-corrected chi connectivity index (χ2v) is 5.57. The second kappa shape index (κ2) is 7.66. The zero-order valence-electron chi connectivity index (χ0n) is 12.3. The van der Waals surface area contributed by atoms with Gasteiger partial charge >= 0.3 is 0 Å². The molecule has 0 atom stereocenters. The topological polar surface area (TPSA) is 101 Å². The van der Waals surface area contributed by atoms with E-state index in [9.17, 15) is 0 Å². The molecule has 1 fully saturated rings. The van der Waals surface area contributed by atoms with E-state index in [0.29, 0.717) is 10.7 Å². The minimum absolute atomic E-state index is 0.160. The lowest BCUT2D eigenvalue weighted by molar-refractivity contribution is 0.726. The number of nitriles is 1. The maximum Gasteiger partial charge on any atom is 0.201 e. The molecule has 0 unspecified atom stereocenters. The molecule has 0 spiro atoms. The minimum Gasteiger partial charge on any atom is -0.382 e. The summed E-state index contributed by atoms with van der Waals surface area (Å²) in [7, 11) is 0.